The van der Waals surface area contributed by atoms with Gasteiger partial charge in [-0.25, -0.2) is 0 Å². The minimum Gasteiger partial charge on any atom is -0.457 e. The standard InChI is InChI=1S/C30H27N3O4.C14H8Cl2O3.CH4.I3/c1-19-6-4-5-7-28(19)33-30(36)23-16-24(31-3)18-25(17-23)32-29(35)22-10-14-27(15-11-22)37-26-12-8-21(9-13-26)20(2)34;15-13(17)9-1-5-11(6-2-9)19-12-7-3-10(4-8-12)14(16)18;;1-3-2/h4-18,31H,1-3H3,(H,32,35)(H,33,36);1-8H;1H4;/q;;;-1. The molecule has 0 unspecified atom stereocenters. The van der Waals surface area contributed by atoms with Crippen LogP contribution in [0.3, 0.4) is 0 Å². The second kappa shape index (κ2) is 25.3. The Morgan fingerprint density at radius 1 is 0.533 bits per heavy atom. The van der Waals surface area contributed by atoms with Gasteiger partial charge in [-0.1, -0.05) is 25.6 Å². The Hall–Kier alpha value is -4.56. The van der Waals surface area contributed by atoms with E-state index in [9.17, 15) is 24.0 Å². The molecule has 15 heteroatoms. The second-order valence-electron chi connectivity index (χ2n) is 12.2. The van der Waals surface area contributed by atoms with Crippen LogP contribution < -0.4 is 38.7 Å². The van der Waals surface area contributed by atoms with Crippen molar-refractivity contribution in [1.82, 2.24) is 0 Å². The molecule has 0 bridgehead atoms. The van der Waals surface area contributed by atoms with Gasteiger partial charge in [0.15, 0.2) is 5.78 Å². The molecule has 0 aromatic heterocycles. The van der Waals surface area contributed by atoms with E-state index in [0.29, 0.717) is 75.4 Å². The number of benzene rings is 6. The van der Waals surface area contributed by atoms with Crippen LogP contribution in [0.15, 0.2) is 140 Å². The molecule has 0 spiro atoms. The van der Waals surface area contributed by atoms with Crippen molar-refractivity contribution in [3.8, 4) is 23.0 Å². The summed E-state index contributed by atoms with van der Waals surface area (Å²) in [5.41, 5.74) is 5.10. The smallest absolute Gasteiger partial charge is 0.252 e. The van der Waals surface area contributed by atoms with E-state index in [1.165, 1.54) is 6.92 Å². The van der Waals surface area contributed by atoms with Gasteiger partial charge >= 0.3 is 50.5 Å². The van der Waals surface area contributed by atoms with Crippen molar-refractivity contribution < 1.29 is 46.7 Å². The van der Waals surface area contributed by atoms with Crippen LogP contribution in [-0.4, -0.2) is 35.1 Å². The summed E-state index contributed by atoms with van der Waals surface area (Å²) < 4.78 is 11.3. The third-order valence-corrected chi connectivity index (χ3v) is 8.58. The number of carbonyl (C=O) groups excluding carboxylic acids is 5. The minimum atomic E-state index is -0.517. The fourth-order valence-corrected chi connectivity index (χ4v) is 5.35. The molecule has 0 radical (unpaired) electrons. The van der Waals surface area contributed by atoms with Crippen LogP contribution >= 0.6 is 60.4 Å². The molecular weight excluding hydrogens is 1150 g/mol. The van der Waals surface area contributed by atoms with Crippen LogP contribution in [0.2, 0.25) is 0 Å². The maximum Gasteiger partial charge on any atom is 0.252 e. The van der Waals surface area contributed by atoms with Crippen molar-refractivity contribution in [2.45, 2.75) is 21.3 Å². The number of anilines is 3. The van der Waals surface area contributed by atoms with Crippen LogP contribution in [0.1, 0.15) is 71.7 Å². The average molecular weight is 1190 g/mol. The number of ether oxygens (including phenoxy) is 2. The minimum absolute atomic E-state index is 0. The van der Waals surface area contributed by atoms with Gasteiger partial charge in [0, 0.05) is 51.9 Å². The monoisotopic (exact) mass is 1180 g/mol. The van der Waals surface area contributed by atoms with Gasteiger partial charge in [0.05, 0.1) is 0 Å². The summed E-state index contributed by atoms with van der Waals surface area (Å²) in [7, 11) is 1.75. The van der Waals surface area contributed by atoms with Crippen molar-refractivity contribution in [2.24, 2.45) is 0 Å². The number of hydrogen-bond donors (Lipinski definition) is 3. The van der Waals surface area contributed by atoms with Crippen LogP contribution in [0.4, 0.5) is 17.1 Å². The predicted octanol–water partition coefficient (Wildman–Crippen LogP) is 10.2. The Balaban J connectivity index is 0.000000351. The van der Waals surface area contributed by atoms with Crippen LogP contribution in [0.5, 0.6) is 23.0 Å². The van der Waals surface area contributed by atoms with Crippen LogP contribution in [0.25, 0.3) is 0 Å². The Kier molecular flexibility index (Phi) is 21.0. The number of rotatable bonds is 12. The molecule has 0 aliphatic carbocycles. The Labute approximate surface area is 388 Å². The van der Waals surface area contributed by atoms with E-state index in [1.54, 1.807) is 122 Å². The molecule has 2 amide bonds. The number of amides is 2. The van der Waals surface area contributed by atoms with Crippen molar-refractivity contribution in [1.29, 1.82) is 0 Å². The van der Waals surface area contributed by atoms with Crippen molar-refractivity contribution in [3.05, 3.63) is 173 Å². The summed E-state index contributed by atoms with van der Waals surface area (Å²) in [5, 5.41) is 7.76. The van der Waals surface area contributed by atoms with E-state index >= 15 is 0 Å². The average Bonchev–Trinajstić information content (AvgIpc) is 3.23. The van der Waals surface area contributed by atoms with Gasteiger partial charge in [0.25, 0.3) is 22.3 Å². The maximum absolute atomic E-state index is 12.9. The van der Waals surface area contributed by atoms with Crippen LogP contribution in [0, 0.1) is 6.92 Å². The number of hydrogen-bond acceptors (Lipinski definition) is 8. The van der Waals surface area contributed by atoms with E-state index in [1.807, 2.05) is 31.2 Å². The zero-order chi connectivity index (χ0) is 42.9. The van der Waals surface area contributed by atoms with Gasteiger partial charge in [0.1, 0.15) is 23.0 Å². The molecule has 10 nitrogen and oxygen atoms in total. The molecule has 0 aliphatic heterocycles. The number of aryl methyl sites for hydroxylation is 1. The molecule has 6 aromatic rings. The first-order valence-corrected chi connectivity index (χ1v) is 30.7. The van der Waals surface area contributed by atoms with E-state index in [2.05, 4.69) is 53.2 Å². The first-order chi connectivity index (χ1) is 28.3. The molecule has 60 heavy (non-hydrogen) atoms. The van der Waals surface area contributed by atoms with Crippen molar-refractivity contribution in [2.75, 3.05) is 23.0 Å². The van der Waals surface area contributed by atoms with Crippen molar-refractivity contribution in [3.63, 3.8) is 0 Å². The molecule has 0 saturated carbocycles. The number of nitrogens with one attached hydrogen (secondary N) is 3. The molecule has 3 N–H and O–H groups in total. The number of Topliss-reactive ketones (excluding diaryl/α,β-unsaturated/α-hetero) is 1. The summed E-state index contributed by atoms with van der Waals surface area (Å²) >= 11 is 16.0. The number of para-hydroxylation sites is 1. The summed E-state index contributed by atoms with van der Waals surface area (Å²) in [4.78, 5) is 59.0. The molecule has 6 rings (SSSR count). The van der Waals surface area contributed by atoms with E-state index in [4.69, 9.17) is 32.7 Å². The van der Waals surface area contributed by atoms with Gasteiger partial charge in [-0.3, -0.25) is 24.0 Å². The number of halogens is 5. The summed E-state index contributed by atoms with van der Waals surface area (Å²) in [6.07, 6.45) is 0. The zero-order valence-electron chi connectivity index (χ0n) is 31.5. The maximum atomic E-state index is 12.9. The quantitative estimate of drug-likeness (QED) is 0.0626. The third-order valence-electron chi connectivity index (χ3n) is 8.15. The second-order valence-corrected chi connectivity index (χ2v) is 29.2. The molecular formula is C45H39Cl2I3N3O7-. The fraction of sp³-hybridized carbons (Fsp3) is 0.0889. The summed E-state index contributed by atoms with van der Waals surface area (Å²) in [6, 6.07) is 39.0. The molecule has 0 fully saturated rings. The topological polar surface area (TPSA) is 140 Å². The van der Waals surface area contributed by atoms with E-state index < -0.39 is 10.5 Å². The molecule has 0 atom stereocenters. The largest absolute Gasteiger partial charge is 0.457 e. The predicted molar refractivity (Wildman–Crippen MR) is 254 cm³/mol. The van der Waals surface area contributed by atoms with E-state index in [-0.39, 0.29) is 25.0 Å². The molecule has 0 aliphatic rings. The number of carbonyl (C=O) groups is 5. The number of ketones is 1. The zero-order valence-corrected chi connectivity index (χ0v) is 39.5. The van der Waals surface area contributed by atoms with Gasteiger partial charge in [0.2, 0.25) is 0 Å². The van der Waals surface area contributed by atoms with Gasteiger partial charge in [-0.2, -0.15) is 0 Å². The fourth-order valence-electron chi connectivity index (χ4n) is 5.10. The first kappa shape index (κ1) is 49.8. The normalized spacial score (nSPS) is 9.92. The molecule has 0 heterocycles. The van der Waals surface area contributed by atoms with E-state index in [0.717, 1.165) is 11.3 Å². The SMILES string of the molecule is C.CNc1cc(NC(=O)c2ccc(Oc3ccc(C(C)=O)cc3)cc2)cc(C(=O)Nc2ccccc2C)c1.I[I-]I.O=C(Cl)c1ccc(Oc2ccc(C(=O)Cl)cc2)cc1. The van der Waals surface area contributed by atoms with Gasteiger partial charge < -0.3 is 25.4 Å². The molecule has 312 valence electrons. The third kappa shape index (κ3) is 15.8. The summed E-state index contributed by atoms with van der Waals surface area (Å²) in [6.45, 7) is 3.43. The molecule has 0 saturated heterocycles. The first-order valence-electron chi connectivity index (χ1n) is 17.3. The van der Waals surface area contributed by atoms with Crippen LogP contribution in [-0.2, 0) is 0 Å². The Bertz CT molecular complexity index is 2340. The Morgan fingerprint density at radius 2 is 0.917 bits per heavy atom. The van der Waals surface area contributed by atoms with Gasteiger partial charge in [-0.05, 0) is 164 Å². The van der Waals surface area contributed by atoms with Gasteiger partial charge in [-0.15, -0.1) is 0 Å². The van der Waals surface area contributed by atoms with Crippen molar-refractivity contribution >= 4 is 106 Å². The Morgan fingerprint density at radius 3 is 1.32 bits per heavy atom. The summed E-state index contributed by atoms with van der Waals surface area (Å²) in [5.74, 6) is 1.65. The molecule has 6 aromatic carbocycles.